The van der Waals surface area contributed by atoms with Crippen LogP contribution >= 0.6 is 11.3 Å². The monoisotopic (exact) mass is 456 g/mol. The highest BCUT2D eigenvalue weighted by atomic mass is 32.1. The molecule has 6 rings (SSSR count). The van der Waals surface area contributed by atoms with Crippen molar-refractivity contribution in [1.29, 1.82) is 5.26 Å². The molecule has 1 spiro atoms. The number of ether oxygens (including phenoxy) is 1. The van der Waals surface area contributed by atoms with Gasteiger partial charge in [0.05, 0.1) is 42.1 Å². The SMILES string of the molecule is N#Cc1ccc2ncn(C[C@H]3CCC[C@]4(C3)CN(Cc3csc5ccccc35)C(=O)O4)c2c1. The second-order valence-corrected chi connectivity index (χ2v) is 10.2. The second-order valence-electron chi connectivity index (χ2n) is 9.34. The third-order valence-corrected chi connectivity index (χ3v) is 8.09. The molecule has 2 aromatic heterocycles. The summed E-state index contributed by atoms with van der Waals surface area (Å²) in [5.74, 6) is 0.400. The fourth-order valence-corrected chi connectivity index (χ4v) is 6.51. The molecule has 2 aromatic carbocycles. The Kier molecular flexibility index (Phi) is 4.84. The number of rotatable bonds is 4. The van der Waals surface area contributed by atoms with E-state index >= 15 is 0 Å². The van der Waals surface area contributed by atoms with E-state index in [-0.39, 0.29) is 6.09 Å². The molecule has 0 N–H and O–H groups in total. The Balaban J connectivity index is 1.19. The van der Waals surface area contributed by atoms with E-state index in [2.05, 4.69) is 39.2 Å². The van der Waals surface area contributed by atoms with Gasteiger partial charge in [-0.15, -0.1) is 11.3 Å². The number of aromatic nitrogens is 2. The number of benzene rings is 2. The van der Waals surface area contributed by atoms with Crippen LogP contribution in [-0.4, -0.2) is 32.7 Å². The molecule has 1 aliphatic carbocycles. The highest BCUT2D eigenvalue weighted by Crippen LogP contribution is 2.41. The first kappa shape index (κ1) is 20.3. The van der Waals surface area contributed by atoms with Crippen LogP contribution in [0.25, 0.3) is 21.1 Å². The van der Waals surface area contributed by atoms with Crippen molar-refractivity contribution in [3.8, 4) is 6.07 Å². The van der Waals surface area contributed by atoms with E-state index in [0.29, 0.717) is 24.6 Å². The Morgan fingerprint density at radius 1 is 1.27 bits per heavy atom. The summed E-state index contributed by atoms with van der Waals surface area (Å²) in [6.07, 6.45) is 5.59. The van der Waals surface area contributed by atoms with Crippen LogP contribution in [0.5, 0.6) is 0 Å². The molecule has 2 aliphatic rings. The molecule has 0 bridgehead atoms. The molecular weight excluding hydrogens is 432 g/mol. The number of carbonyl (C=O) groups excluding carboxylic acids is 1. The molecule has 7 heteroatoms. The summed E-state index contributed by atoms with van der Waals surface area (Å²) in [4.78, 5) is 19.2. The molecule has 3 heterocycles. The van der Waals surface area contributed by atoms with E-state index in [1.54, 1.807) is 17.4 Å². The van der Waals surface area contributed by atoms with Crippen molar-refractivity contribution >= 4 is 38.5 Å². The minimum Gasteiger partial charge on any atom is -0.441 e. The van der Waals surface area contributed by atoms with E-state index in [4.69, 9.17) is 4.74 Å². The maximum Gasteiger partial charge on any atom is 0.410 e. The Morgan fingerprint density at radius 3 is 3.09 bits per heavy atom. The number of hydrogen-bond acceptors (Lipinski definition) is 5. The van der Waals surface area contributed by atoms with E-state index in [1.807, 2.05) is 29.4 Å². The number of nitriles is 1. The molecule has 2 fully saturated rings. The van der Waals surface area contributed by atoms with Gasteiger partial charge in [0.1, 0.15) is 5.60 Å². The Morgan fingerprint density at radius 2 is 2.18 bits per heavy atom. The zero-order valence-electron chi connectivity index (χ0n) is 18.2. The van der Waals surface area contributed by atoms with E-state index in [1.165, 1.54) is 15.6 Å². The van der Waals surface area contributed by atoms with Crippen LogP contribution in [0, 0.1) is 17.2 Å². The molecule has 166 valence electrons. The van der Waals surface area contributed by atoms with Gasteiger partial charge in [-0.3, -0.25) is 4.90 Å². The topological polar surface area (TPSA) is 71.2 Å². The summed E-state index contributed by atoms with van der Waals surface area (Å²) in [7, 11) is 0. The minimum absolute atomic E-state index is 0.197. The molecule has 6 nitrogen and oxygen atoms in total. The maximum absolute atomic E-state index is 12.8. The lowest BCUT2D eigenvalue weighted by Crippen LogP contribution is -2.40. The molecule has 1 saturated heterocycles. The predicted molar refractivity (Wildman–Crippen MR) is 128 cm³/mol. The molecule has 0 unspecified atom stereocenters. The van der Waals surface area contributed by atoms with Crippen molar-refractivity contribution in [3.05, 3.63) is 65.3 Å². The smallest absolute Gasteiger partial charge is 0.410 e. The van der Waals surface area contributed by atoms with Crippen molar-refractivity contribution in [2.24, 2.45) is 5.92 Å². The van der Waals surface area contributed by atoms with Gasteiger partial charge in [-0.1, -0.05) is 18.2 Å². The fourth-order valence-electron chi connectivity index (χ4n) is 5.56. The average Bonchev–Trinajstić information content (AvgIpc) is 3.50. The zero-order chi connectivity index (χ0) is 22.4. The first-order valence-corrected chi connectivity index (χ1v) is 12.3. The first-order chi connectivity index (χ1) is 16.1. The van der Waals surface area contributed by atoms with Crippen LogP contribution in [0.1, 0.15) is 36.8 Å². The summed E-state index contributed by atoms with van der Waals surface area (Å²) >= 11 is 1.72. The molecule has 1 amide bonds. The van der Waals surface area contributed by atoms with Crippen molar-refractivity contribution < 1.29 is 9.53 Å². The Bertz CT molecular complexity index is 1400. The summed E-state index contributed by atoms with van der Waals surface area (Å²) in [6, 6.07) is 16.2. The van der Waals surface area contributed by atoms with Gasteiger partial charge in [-0.2, -0.15) is 5.26 Å². The predicted octanol–water partition coefficient (Wildman–Crippen LogP) is 5.70. The van der Waals surface area contributed by atoms with E-state index < -0.39 is 5.60 Å². The lowest BCUT2D eigenvalue weighted by molar-refractivity contribution is 0.00415. The maximum atomic E-state index is 12.8. The molecule has 4 aromatic rings. The Labute approximate surface area is 196 Å². The number of imidazole rings is 1. The zero-order valence-corrected chi connectivity index (χ0v) is 19.1. The summed E-state index contributed by atoms with van der Waals surface area (Å²) < 4.78 is 9.45. The summed E-state index contributed by atoms with van der Waals surface area (Å²) in [5, 5.41) is 12.6. The van der Waals surface area contributed by atoms with Gasteiger partial charge in [0.25, 0.3) is 0 Å². The standard InChI is InChI=1S/C26H24N4O2S/c27-12-18-7-8-22-23(10-18)30(17-28-22)13-19-4-3-9-26(11-19)16-29(25(31)32-26)14-20-15-33-24-6-2-1-5-21(20)24/h1-2,5-8,10,15,17,19H,3-4,9,11,13-14,16H2/t19-,26-/m0/s1. The van der Waals surface area contributed by atoms with Gasteiger partial charge in [-0.25, -0.2) is 9.78 Å². The minimum atomic E-state index is -0.403. The lowest BCUT2D eigenvalue weighted by Gasteiger charge is -2.36. The van der Waals surface area contributed by atoms with Crippen LogP contribution in [-0.2, 0) is 17.8 Å². The largest absolute Gasteiger partial charge is 0.441 e. The van der Waals surface area contributed by atoms with Gasteiger partial charge < -0.3 is 9.30 Å². The van der Waals surface area contributed by atoms with Crippen LogP contribution in [0.4, 0.5) is 4.79 Å². The lowest BCUT2D eigenvalue weighted by atomic mass is 9.78. The average molecular weight is 457 g/mol. The van der Waals surface area contributed by atoms with E-state index in [0.717, 1.165) is 43.3 Å². The van der Waals surface area contributed by atoms with E-state index in [9.17, 15) is 10.1 Å². The molecule has 33 heavy (non-hydrogen) atoms. The number of thiophene rings is 1. The van der Waals surface area contributed by atoms with Gasteiger partial charge in [0.15, 0.2) is 0 Å². The van der Waals surface area contributed by atoms with Crippen molar-refractivity contribution in [3.63, 3.8) is 0 Å². The Hall–Kier alpha value is -3.37. The van der Waals surface area contributed by atoms with Crippen molar-refractivity contribution in [2.75, 3.05) is 6.54 Å². The van der Waals surface area contributed by atoms with Gasteiger partial charge in [0.2, 0.25) is 0 Å². The molecule has 0 radical (unpaired) electrons. The highest BCUT2D eigenvalue weighted by Gasteiger charge is 2.48. The van der Waals surface area contributed by atoms with Crippen molar-refractivity contribution in [1.82, 2.24) is 14.5 Å². The number of amides is 1. The molecular formula is C26H24N4O2S. The summed E-state index contributed by atoms with van der Waals surface area (Å²) in [5.41, 5.74) is 3.32. The number of carbonyl (C=O) groups is 1. The third-order valence-electron chi connectivity index (χ3n) is 7.07. The van der Waals surface area contributed by atoms with Gasteiger partial charge in [-0.05, 0) is 72.2 Å². The number of fused-ring (bicyclic) bond motifs is 2. The summed E-state index contributed by atoms with van der Waals surface area (Å²) in [6.45, 7) is 2.06. The van der Waals surface area contributed by atoms with Crippen LogP contribution in [0.3, 0.4) is 0 Å². The molecule has 1 aliphatic heterocycles. The molecule has 2 atom stereocenters. The van der Waals surface area contributed by atoms with Crippen LogP contribution < -0.4 is 0 Å². The second kappa shape index (κ2) is 7.89. The van der Waals surface area contributed by atoms with Crippen molar-refractivity contribution in [2.45, 2.75) is 44.4 Å². The third kappa shape index (κ3) is 3.65. The normalized spacial score (nSPS) is 22.8. The van der Waals surface area contributed by atoms with Gasteiger partial charge >= 0.3 is 6.09 Å². The number of hydrogen-bond donors (Lipinski definition) is 0. The fraction of sp³-hybridized carbons (Fsp3) is 0.346. The number of nitrogens with zero attached hydrogens (tertiary/aromatic N) is 4. The van der Waals surface area contributed by atoms with Crippen LogP contribution in [0.15, 0.2) is 54.2 Å². The first-order valence-electron chi connectivity index (χ1n) is 11.4. The van der Waals surface area contributed by atoms with Crippen LogP contribution in [0.2, 0.25) is 0 Å². The van der Waals surface area contributed by atoms with Gasteiger partial charge in [0, 0.05) is 11.2 Å². The quantitative estimate of drug-likeness (QED) is 0.395. The highest BCUT2D eigenvalue weighted by molar-refractivity contribution is 7.17. The molecule has 1 saturated carbocycles.